The molecule has 0 saturated carbocycles. The maximum Gasteiger partial charge on any atom is 0.433 e. The summed E-state index contributed by atoms with van der Waals surface area (Å²) in [5.74, 6) is -0.305. The number of aromatic nitrogens is 1. The number of hydrogen-bond donors (Lipinski definition) is 1. The highest BCUT2D eigenvalue weighted by Crippen LogP contribution is 2.44. The molecule has 0 radical (unpaired) electrons. The zero-order chi connectivity index (χ0) is 19.3. The maximum atomic E-state index is 13.5. The van der Waals surface area contributed by atoms with Crippen molar-refractivity contribution < 1.29 is 18.0 Å². The summed E-state index contributed by atoms with van der Waals surface area (Å²) in [6.07, 6.45) is -2.18. The first-order valence-electron chi connectivity index (χ1n) is 8.38. The standard InChI is InChI=1S/C19H14BrF3N2OS/c20-10-7-5-9(6-8-10)15(26)16-14(24)13-11-3-1-2-4-12(11)17(19(21,22)23)25-18(13)27-16/h5-8H,1-4,24H2. The molecule has 4 rings (SSSR count). The molecule has 0 unspecified atom stereocenters. The van der Waals surface area contributed by atoms with E-state index in [1.54, 1.807) is 24.3 Å². The van der Waals surface area contributed by atoms with Gasteiger partial charge >= 0.3 is 6.18 Å². The summed E-state index contributed by atoms with van der Waals surface area (Å²) < 4.78 is 41.4. The van der Waals surface area contributed by atoms with E-state index in [0.29, 0.717) is 35.8 Å². The van der Waals surface area contributed by atoms with Gasteiger partial charge in [0.1, 0.15) is 15.4 Å². The smallest absolute Gasteiger partial charge is 0.397 e. The van der Waals surface area contributed by atoms with Crippen molar-refractivity contribution in [2.24, 2.45) is 0 Å². The average Bonchev–Trinajstić information content (AvgIpc) is 2.97. The van der Waals surface area contributed by atoms with Gasteiger partial charge in [0.25, 0.3) is 0 Å². The molecule has 3 nitrogen and oxygen atoms in total. The Balaban J connectivity index is 1.93. The number of carbonyl (C=O) groups is 1. The van der Waals surface area contributed by atoms with Gasteiger partial charge in [0, 0.05) is 15.4 Å². The van der Waals surface area contributed by atoms with Crippen LogP contribution in [0.3, 0.4) is 0 Å². The van der Waals surface area contributed by atoms with Gasteiger partial charge in [0.15, 0.2) is 0 Å². The number of alkyl halides is 3. The van der Waals surface area contributed by atoms with Gasteiger partial charge < -0.3 is 5.73 Å². The first kappa shape index (κ1) is 18.4. The molecule has 1 aliphatic rings. The van der Waals surface area contributed by atoms with Crippen LogP contribution in [0.25, 0.3) is 10.2 Å². The van der Waals surface area contributed by atoms with Crippen molar-refractivity contribution in [3.63, 3.8) is 0 Å². The number of nitrogens with zero attached hydrogens (tertiary/aromatic N) is 1. The molecule has 2 N–H and O–H groups in total. The Bertz CT molecular complexity index is 1060. The maximum absolute atomic E-state index is 13.5. The molecule has 1 aliphatic carbocycles. The van der Waals surface area contributed by atoms with Gasteiger partial charge in [-0.2, -0.15) is 13.2 Å². The first-order valence-corrected chi connectivity index (χ1v) is 9.99. The molecule has 0 atom stereocenters. The van der Waals surface area contributed by atoms with E-state index in [9.17, 15) is 18.0 Å². The number of benzene rings is 1. The molecule has 0 amide bonds. The second-order valence-corrected chi connectivity index (χ2v) is 8.40. The number of fused-ring (bicyclic) bond motifs is 3. The summed E-state index contributed by atoms with van der Waals surface area (Å²) >= 11 is 4.25. The van der Waals surface area contributed by atoms with Crippen LogP contribution in [0.15, 0.2) is 28.7 Å². The monoisotopic (exact) mass is 454 g/mol. The van der Waals surface area contributed by atoms with Crippen LogP contribution >= 0.6 is 27.3 Å². The second-order valence-electron chi connectivity index (χ2n) is 6.48. The molecule has 0 bridgehead atoms. The summed E-state index contributed by atoms with van der Waals surface area (Å²) in [5.41, 5.74) is 6.91. The Kier molecular flexibility index (Phi) is 4.50. The summed E-state index contributed by atoms with van der Waals surface area (Å²) in [5, 5.41) is 0.517. The number of thiophene rings is 1. The van der Waals surface area contributed by atoms with Crippen molar-refractivity contribution in [1.82, 2.24) is 4.98 Å². The largest absolute Gasteiger partial charge is 0.433 e. The third-order valence-electron chi connectivity index (χ3n) is 4.78. The normalized spacial score (nSPS) is 14.4. The van der Waals surface area contributed by atoms with Gasteiger partial charge in [-0.15, -0.1) is 11.3 Å². The van der Waals surface area contributed by atoms with E-state index in [1.807, 2.05) is 0 Å². The van der Waals surface area contributed by atoms with E-state index < -0.39 is 11.9 Å². The van der Waals surface area contributed by atoms with Crippen LogP contribution in [0.2, 0.25) is 0 Å². The predicted molar refractivity (Wildman–Crippen MR) is 103 cm³/mol. The lowest BCUT2D eigenvalue weighted by molar-refractivity contribution is -0.141. The van der Waals surface area contributed by atoms with Crippen molar-refractivity contribution in [3.8, 4) is 0 Å². The van der Waals surface area contributed by atoms with Gasteiger partial charge in [0.05, 0.1) is 5.69 Å². The minimum atomic E-state index is -4.52. The van der Waals surface area contributed by atoms with Gasteiger partial charge in [-0.1, -0.05) is 15.9 Å². The molecule has 1 aromatic carbocycles. The minimum Gasteiger partial charge on any atom is -0.397 e. The number of anilines is 1. The van der Waals surface area contributed by atoms with E-state index in [2.05, 4.69) is 20.9 Å². The lowest BCUT2D eigenvalue weighted by Crippen LogP contribution is -2.17. The Morgan fingerprint density at radius 2 is 1.74 bits per heavy atom. The molecule has 8 heteroatoms. The van der Waals surface area contributed by atoms with Crippen molar-refractivity contribution in [3.05, 3.63) is 56.0 Å². The van der Waals surface area contributed by atoms with E-state index in [0.717, 1.165) is 22.2 Å². The Morgan fingerprint density at radius 1 is 1.11 bits per heavy atom. The average molecular weight is 455 g/mol. The highest BCUT2D eigenvalue weighted by Gasteiger charge is 2.38. The number of rotatable bonds is 2. The van der Waals surface area contributed by atoms with Crippen LogP contribution in [0.5, 0.6) is 0 Å². The molecule has 2 heterocycles. The zero-order valence-electron chi connectivity index (χ0n) is 14.0. The molecular formula is C19H14BrF3N2OS. The fourth-order valence-electron chi connectivity index (χ4n) is 3.55. The van der Waals surface area contributed by atoms with Gasteiger partial charge in [-0.3, -0.25) is 4.79 Å². The molecule has 0 spiro atoms. The number of aryl methyl sites for hydroxylation is 1. The van der Waals surface area contributed by atoms with Gasteiger partial charge in [-0.25, -0.2) is 4.98 Å². The lowest BCUT2D eigenvalue weighted by atomic mass is 9.88. The quantitative estimate of drug-likeness (QED) is 0.500. The van der Waals surface area contributed by atoms with Gasteiger partial charge in [0.2, 0.25) is 5.78 Å². The van der Waals surface area contributed by atoms with E-state index in [-0.39, 0.29) is 26.7 Å². The second kappa shape index (κ2) is 6.60. The number of hydrogen-bond acceptors (Lipinski definition) is 4. The van der Waals surface area contributed by atoms with Crippen LogP contribution < -0.4 is 5.73 Å². The molecule has 0 fully saturated rings. The molecular weight excluding hydrogens is 441 g/mol. The van der Waals surface area contributed by atoms with Crippen LogP contribution in [-0.2, 0) is 19.0 Å². The molecule has 140 valence electrons. The molecule has 2 aromatic heterocycles. The Labute approximate surface area is 165 Å². The van der Waals surface area contributed by atoms with E-state index in [1.165, 1.54) is 0 Å². The third-order valence-corrected chi connectivity index (χ3v) is 6.40. The number of ketones is 1. The molecule has 0 aliphatic heterocycles. The van der Waals surface area contributed by atoms with E-state index in [4.69, 9.17) is 5.73 Å². The van der Waals surface area contributed by atoms with Crippen LogP contribution in [0.4, 0.5) is 18.9 Å². The van der Waals surface area contributed by atoms with Crippen molar-refractivity contribution in [1.29, 1.82) is 0 Å². The van der Waals surface area contributed by atoms with Crippen molar-refractivity contribution in [2.75, 3.05) is 5.73 Å². The van der Waals surface area contributed by atoms with Crippen molar-refractivity contribution >= 4 is 49.0 Å². The lowest BCUT2D eigenvalue weighted by Gasteiger charge is -2.21. The SMILES string of the molecule is Nc1c(C(=O)c2ccc(Br)cc2)sc2nc(C(F)(F)F)c3c(c12)CCCC3. The fraction of sp³-hybridized carbons (Fsp3) is 0.263. The number of nitrogen functional groups attached to an aromatic ring is 1. The summed E-state index contributed by atoms with van der Waals surface area (Å²) in [6, 6.07) is 6.78. The summed E-state index contributed by atoms with van der Waals surface area (Å²) in [7, 11) is 0. The molecule has 27 heavy (non-hydrogen) atoms. The summed E-state index contributed by atoms with van der Waals surface area (Å²) in [6.45, 7) is 0. The van der Waals surface area contributed by atoms with Gasteiger partial charge in [-0.05, 0) is 61.1 Å². The zero-order valence-corrected chi connectivity index (χ0v) is 16.4. The first-order chi connectivity index (χ1) is 12.8. The number of pyridine rings is 1. The predicted octanol–water partition coefficient (Wildman–Crippen LogP) is 5.77. The Morgan fingerprint density at radius 3 is 2.37 bits per heavy atom. The van der Waals surface area contributed by atoms with Crippen LogP contribution in [0.1, 0.15) is 44.9 Å². The number of carbonyl (C=O) groups excluding carboxylic acids is 1. The highest BCUT2D eigenvalue weighted by atomic mass is 79.9. The Hall–Kier alpha value is -1.93. The van der Waals surface area contributed by atoms with E-state index >= 15 is 0 Å². The minimum absolute atomic E-state index is 0.181. The third kappa shape index (κ3) is 3.14. The fourth-order valence-corrected chi connectivity index (χ4v) is 4.90. The number of nitrogens with two attached hydrogens (primary N) is 1. The number of halogens is 4. The highest BCUT2D eigenvalue weighted by molar-refractivity contribution is 9.10. The molecule has 3 aromatic rings. The molecule has 0 saturated heterocycles. The topological polar surface area (TPSA) is 56.0 Å². The van der Waals surface area contributed by atoms with Crippen LogP contribution in [0, 0.1) is 0 Å². The summed E-state index contributed by atoms with van der Waals surface area (Å²) in [4.78, 5) is 17.2. The van der Waals surface area contributed by atoms with Crippen molar-refractivity contribution in [2.45, 2.75) is 31.9 Å². The van der Waals surface area contributed by atoms with Crippen LogP contribution in [-0.4, -0.2) is 10.8 Å².